The summed E-state index contributed by atoms with van der Waals surface area (Å²) in [5.74, 6) is 0. The van der Waals surface area contributed by atoms with Crippen molar-refractivity contribution < 1.29 is 10.4 Å². The summed E-state index contributed by atoms with van der Waals surface area (Å²) < 4.78 is 1.01. The quantitative estimate of drug-likeness (QED) is 0.375. The molecule has 0 radical (unpaired) electrons. The molecule has 0 amide bonds. The maximum atomic E-state index is 9.51. The minimum atomic E-state index is 0.449. The molecule has 0 aliphatic carbocycles. The van der Waals surface area contributed by atoms with Gasteiger partial charge < -0.3 is 10.4 Å². The third kappa shape index (κ3) is 1.21. The normalized spacial score (nSPS) is 12.2. The Labute approximate surface area is 80.3 Å². The molecule has 0 saturated carbocycles. The molecule has 2 aromatic rings. The lowest BCUT2D eigenvalue weighted by Gasteiger charge is -2.04. The molecule has 0 saturated heterocycles. The van der Waals surface area contributed by atoms with Gasteiger partial charge in [-0.15, -0.1) is 0 Å². The van der Waals surface area contributed by atoms with Crippen LogP contribution in [0.2, 0.25) is 0 Å². The number of aromatic nitrogens is 1. The molecular formula is C10H10N2O2. The fraction of sp³-hybridized carbons (Fsp3) is 0.100. The van der Waals surface area contributed by atoms with Crippen LogP contribution >= 0.6 is 0 Å². The number of benzene rings is 1. The van der Waals surface area contributed by atoms with E-state index in [1.54, 1.807) is 0 Å². The average Bonchev–Trinajstić information content (AvgIpc) is 2.19. The smallest absolute Gasteiger partial charge is 0.113 e. The van der Waals surface area contributed by atoms with Crippen LogP contribution in [-0.2, 0) is 0 Å². The second kappa shape index (κ2) is 3.06. The minimum absolute atomic E-state index is 0.449. The van der Waals surface area contributed by atoms with Crippen LogP contribution in [0.3, 0.4) is 0 Å². The Morgan fingerprint density at radius 3 is 2.79 bits per heavy atom. The fourth-order valence-corrected chi connectivity index (χ4v) is 1.45. The zero-order valence-electron chi connectivity index (χ0n) is 7.68. The largest absolute Gasteiger partial charge is 0.428 e. The molecule has 14 heavy (non-hydrogen) atoms. The van der Waals surface area contributed by atoms with E-state index in [0.717, 1.165) is 10.3 Å². The summed E-state index contributed by atoms with van der Waals surface area (Å²) >= 11 is 0. The standard InChI is InChI=1S/C10H10N2O2/c1-7-2-3-8-9(11-13)4-5-12(14)10(8)6-7/h2-6,13-14H,1H3. The van der Waals surface area contributed by atoms with E-state index in [1.807, 2.05) is 25.1 Å². The van der Waals surface area contributed by atoms with Gasteiger partial charge in [-0.05, 0) is 24.6 Å². The number of hydrogen-bond donors (Lipinski definition) is 2. The van der Waals surface area contributed by atoms with Gasteiger partial charge in [-0.3, -0.25) is 0 Å². The van der Waals surface area contributed by atoms with Crippen LogP contribution in [0.5, 0.6) is 0 Å². The Bertz CT molecular complexity index is 543. The van der Waals surface area contributed by atoms with Gasteiger partial charge in [0.1, 0.15) is 5.36 Å². The van der Waals surface area contributed by atoms with Gasteiger partial charge in [-0.2, -0.15) is 4.73 Å². The molecule has 1 heterocycles. The summed E-state index contributed by atoms with van der Waals surface area (Å²) in [5.41, 5.74) is 1.66. The predicted octanol–water partition coefficient (Wildman–Crippen LogP) is 1.48. The zero-order chi connectivity index (χ0) is 10.1. The van der Waals surface area contributed by atoms with Crippen molar-refractivity contribution in [3.8, 4) is 0 Å². The minimum Gasteiger partial charge on any atom is -0.428 e. The first-order chi connectivity index (χ1) is 6.72. The molecule has 0 atom stereocenters. The summed E-state index contributed by atoms with van der Waals surface area (Å²) in [6, 6.07) is 7.07. The highest BCUT2D eigenvalue weighted by molar-refractivity contribution is 5.78. The number of fused-ring (bicyclic) bond motifs is 1. The molecule has 1 aromatic carbocycles. The molecule has 1 aromatic heterocycles. The van der Waals surface area contributed by atoms with Crippen molar-refractivity contribution in [3.63, 3.8) is 0 Å². The van der Waals surface area contributed by atoms with Crippen molar-refractivity contribution in [1.29, 1.82) is 0 Å². The molecule has 0 aliphatic rings. The number of aryl methyl sites for hydroxylation is 1. The second-order valence-electron chi connectivity index (χ2n) is 3.17. The highest BCUT2D eigenvalue weighted by Gasteiger charge is 2.00. The van der Waals surface area contributed by atoms with E-state index >= 15 is 0 Å². The van der Waals surface area contributed by atoms with Crippen LogP contribution in [0.25, 0.3) is 10.9 Å². The van der Waals surface area contributed by atoms with E-state index in [2.05, 4.69) is 5.16 Å². The molecule has 0 bridgehead atoms. The van der Waals surface area contributed by atoms with E-state index < -0.39 is 0 Å². The van der Waals surface area contributed by atoms with E-state index in [0.29, 0.717) is 16.3 Å². The highest BCUT2D eigenvalue weighted by atomic mass is 16.5. The third-order valence-corrected chi connectivity index (χ3v) is 2.16. The van der Waals surface area contributed by atoms with Crippen molar-refractivity contribution in [2.24, 2.45) is 5.16 Å². The molecule has 0 aliphatic heterocycles. The van der Waals surface area contributed by atoms with E-state index in [9.17, 15) is 5.21 Å². The van der Waals surface area contributed by atoms with Crippen molar-refractivity contribution in [2.75, 3.05) is 0 Å². The monoisotopic (exact) mass is 190 g/mol. The molecule has 0 fully saturated rings. The maximum Gasteiger partial charge on any atom is 0.113 e. The van der Waals surface area contributed by atoms with Gasteiger partial charge in [0.15, 0.2) is 0 Å². The molecule has 4 heteroatoms. The van der Waals surface area contributed by atoms with Crippen molar-refractivity contribution in [3.05, 3.63) is 41.4 Å². The molecular weight excluding hydrogens is 180 g/mol. The zero-order valence-corrected chi connectivity index (χ0v) is 7.68. The Morgan fingerprint density at radius 1 is 1.29 bits per heavy atom. The number of nitrogens with zero attached hydrogens (tertiary/aromatic N) is 2. The molecule has 72 valence electrons. The lowest BCUT2D eigenvalue weighted by atomic mass is 10.1. The Hall–Kier alpha value is -1.97. The number of pyridine rings is 1. The van der Waals surface area contributed by atoms with Gasteiger partial charge in [0.2, 0.25) is 0 Å². The summed E-state index contributed by atoms with van der Waals surface area (Å²) in [4.78, 5) is 0. The van der Waals surface area contributed by atoms with Crippen LogP contribution < -0.4 is 5.36 Å². The summed E-state index contributed by atoms with van der Waals surface area (Å²) in [6.45, 7) is 1.93. The molecule has 0 unspecified atom stereocenters. The predicted molar refractivity (Wildman–Crippen MR) is 51.2 cm³/mol. The SMILES string of the molecule is Cc1ccc2c(=NO)ccn(O)c2c1. The van der Waals surface area contributed by atoms with Crippen molar-refractivity contribution in [2.45, 2.75) is 6.92 Å². The summed E-state index contributed by atoms with van der Waals surface area (Å²) in [6.07, 6.45) is 1.44. The third-order valence-electron chi connectivity index (χ3n) is 2.16. The van der Waals surface area contributed by atoms with Crippen molar-refractivity contribution in [1.82, 2.24) is 4.73 Å². The van der Waals surface area contributed by atoms with Gasteiger partial charge in [0, 0.05) is 11.6 Å². The average molecular weight is 190 g/mol. The lowest BCUT2D eigenvalue weighted by Crippen LogP contribution is -2.07. The Morgan fingerprint density at radius 2 is 2.07 bits per heavy atom. The van der Waals surface area contributed by atoms with Crippen LogP contribution in [0.1, 0.15) is 5.56 Å². The first-order valence-electron chi connectivity index (χ1n) is 4.22. The summed E-state index contributed by atoms with van der Waals surface area (Å²) in [5, 5.41) is 22.5. The first kappa shape index (κ1) is 8.62. The highest BCUT2D eigenvalue weighted by Crippen LogP contribution is 2.10. The van der Waals surface area contributed by atoms with Gasteiger partial charge in [-0.25, -0.2) is 0 Å². The molecule has 2 rings (SSSR count). The maximum absolute atomic E-state index is 9.51. The second-order valence-corrected chi connectivity index (χ2v) is 3.17. The van der Waals surface area contributed by atoms with Crippen LogP contribution in [0.15, 0.2) is 35.6 Å². The van der Waals surface area contributed by atoms with Crippen LogP contribution in [0, 0.1) is 6.92 Å². The summed E-state index contributed by atoms with van der Waals surface area (Å²) in [7, 11) is 0. The van der Waals surface area contributed by atoms with Gasteiger partial charge >= 0.3 is 0 Å². The topological polar surface area (TPSA) is 57.8 Å². The Balaban J connectivity index is 2.99. The first-order valence-corrected chi connectivity index (χ1v) is 4.22. The van der Waals surface area contributed by atoms with Crippen molar-refractivity contribution >= 4 is 10.9 Å². The van der Waals surface area contributed by atoms with Crippen LogP contribution in [0.4, 0.5) is 0 Å². The van der Waals surface area contributed by atoms with E-state index in [4.69, 9.17) is 5.21 Å². The van der Waals surface area contributed by atoms with E-state index in [-0.39, 0.29) is 0 Å². The van der Waals surface area contributed by atoms with E-state index in [1.165, 1.54) is 12.3 Å². The van der Waals surface area contributed by atoms with Gasteiger partial charge in [-0.1, -0.05) is 17.3 Å². The molecule has 0 spiro atoms. The Kier molecular flexibility index (Phi) is 1.89. The van der Waals surface area contributed by atoms with Crippen LogP contribution in [-0.4, -0.2) is 15.1 Å². The fourth-order valence-electron chi connectivity index (χ4n) is 1.45. The van der Waals surface area contributed by atoms with Gasteiger partial charge in [0.05, 0.1) is 5.52 Å². The number of rotatable bonds is 0. The lowest BCUT2D eigenvalue weighted by molar-refractivity contribution is 0.197. The molecule has 2 N–H and O–H groups in total. The molecule has 4 nitrogen and oxygen atoms in total. The van der Waals surface area contributed by atoms with Gasteiger partial charge in [0.25, 0.3) is 0 Å². The number of hydrogen-bond acceptors (Lipinski definition) is 3.